The van der Waals surface area contributed by atoms with Gasteiger partial charge in [-0.3, -0.25) is 19.2 Å². The number of hydrogen-bond acceptors (Lipinski definition) is 12. The van der Waals surface area contributed by atoms with Gasteiger partial charge in [-0.25, -0.2) is 20.0 Å². The maximum absolute atomic E-state index is 13.8. The van der Waals surface area contributed by atoms with Crippen LogP contribution in [-0.4, -0.2) is 81.8 Å². The number of rotatable bonds is 6. The summed E-state index contributed by atoms with van der Waals surface area (Å²) in [5, 5.41) is 16.8. The van der Waals surface area contributed by atoms with Crippen molar-refractivity contribution in [2.75, 3.05) is 0 Å². The van der Waals surface area contributed by atoms with E-state index in [0.717, 1.165) is 0 Å². The summed E-state index contributed by atoms with van der Waals surface area (Å²) < 4.78 is 12.3. The van der Waals surface area contributed by atoms with Crippen LogP contribution in [0.1, 0.15) is 125 Å². The lowest BCUT2D eigenvalue weighted by atomic mass is 9.98. The second kappa shape index (κ2) is 16.4. The van der Waals surface area contributed by atoms with Gasteiger partial charge in [-0.05, 0) is 37.5 Å². The summed E-state index contributed by atoms with van der Waals surface area (Å²) in [6.07, 6.45) is 0.257. The molecule has 16 heteroatoms. The largest absolute Gasteiger partial charge is 0.474 e. The first kappa shape index (κ1) is 39.3. The van der Waals surface area contributed by atoms with Crippen LogP contribution in [0.2, 0.25) is 0 Å². The third-order valence-corrected chi connectivity index (χ3v) is 11.9. The lowest BCUT2D eigenvalue weighted by Crippen LogP contribution is -2.46. The molecule has 0 saturated carbocycles. The fraction of sp³-hybridized carbons (Fsp3) is 0.667. The third-order valence-electron chi connectivity index (χ3n) is 10.1. The summed E-state index contributed by atoms with van der Waals surface area (Å²) >= 11 is 2.57. The average Bonchev–Trinajstić information content (AvgIpc) is 3.92. The number of nitrogens with one attached hydrogen (secondary N) is 4. The average molecular weight is 757 g/mol. The summed E-state index contributed by atoms with van der Waals surface area (Å²) in [7, 11) is 0. The van der Waals surface area contributed by atoms with Crippen molar-refractivity contribution in [3.8, 4) is 0 Å². The van der Waals surface area contributed by atoms with Gasteiger partial charge >= 0.3 is 0 Å². The predicted molar refractivity (Wildman–Crippen MR) is 201 cm³/mol. The van der Waals surface area contributed by atoms with E-state index in [1.807, 2.05) is 55.4 Å². The van der Waals surface area contributed by atoms with E-state index in [-0.39, 0.29) is 58.7 Å². The molecule has 52 heavy (non-hydrogen) atoms. The molecule has 4 N–H and O–H groups in total. The molecule has 0 saturated heterocycles. The number of carbonyl (C=O) groups is 4. The Hall–Kier alpha value is -3.92. The van der Waals surface area contributed by atoms with Crippen molar-refractivity contribution in [2.24, 2.45) is 33.7 Å². The fourth-order valence-corrected chi connectivity index (χ4v) is 8.32. The molecule has 0 aromatic carbocycles. The quantitative estimate of drug-likeness (QED) is 0.330. The van der Waals surface area contributed by atoms with E-state index in [1.54, 1.807) is 24.6 Å². The smallest absolute Gasteiger partial charge is 0.271 e. The van der Waals surface area contributed by atoms with E-state index in [0.29, 0.717) is 22.9 Å². The van der Waals surface area contributed by atoms with Crippen molar-refractivity contribution >= 4 is 58.1 Å². The standard InChI is InChI=1S/C36H52N8O6S2/c1-11-17(7)25-33-43-27(19(9)49-33)31(47)39-24(16(5)6)36-38-22(14-52-36)30(46)42-26(18(8)12-2)34-44-28(20(10)50-34)32(48)40-23(15(3)4)35-37-21(13-51-35)29(45)41-25/h13-20,23-28H,11-12H2,1-10H3,(H,39,47)(H,40,48)(H,41,45)(H,42,46)/t17?,18?,19-,20-,23-,24-,25+,26+,27?,28?/m1/s1. The molecule has 4 amide bonds. The van der Waals surface area contributed by atoms with Crippen LogP contribution in [0.5, 0.6) is 0 Å². The van der Waals surface area contributed by atoms with Crippen LogP contribution < -0.4 is 21.3 Å². The maximum Gasteiger partial charge on any atom is 0.271 e. The van der Waals surface area contributed by atoms with Crippen LogP contribution in [0.15, 0.2) is 20.7 Å². The number of ether oxygens (including phenoxy) is 2. The number of aromatic nitrogens is 2. The first-order valence-electron chi connectivity index (χ1n) is 18.2. The Bertz CT molecular complexity index is 1580. The molecule has 0 fully saturated rings. The van der Waals surface area contributed by atoms with Gasteiger partial charge in [0.05, 0.1) is 12.1 Å². The van der Waals surface area contributed by atoms with Crippen molar-refractivity contribution in [1.82, 2.24) is 31.2 Å². The van der Waals surface area contributed by atoms with Gasteiger partial charge in [0.2, 0.25) is 23.6 Å². The van der Waals surface area contributed by atoms with Gasteiger partial charge in [-0.1, -0.05) is 68.2 Å². The number of hydrogen-bond donors (Lipinski definition) is 4. The summed E-state index contributed by atoms with van der Waals surface area (Å²) in [6, 6.07) is -3.92. The minimum absolute atomic E-state index is 0.0604. The zero-order valence-electron chi connectivity index (χ0n) is 31.6. The Morgan fingerprint density at radius 3 is 1.31 bits per heavy atom. The molecule has 2 aromatic heterocycles. The monoisotopic (exact) mass is 756 g/mol. The number of thiazole rings is 2. The lowest BCUT2D eigenvalue weighted by Gasteiger charge is -2.24. The van der Waals surface area contributed by atoms with E-state index < -0.39 is 60.3 Å². The highest BCUT2D eigenvalue weighted by atomic mass is 32.1. The molecule has 4 unspecified atom stereocenters. The minimum Gasteiger partial charge on any atom is -0.474 e. The molecular weight excluding hydrogens is 705 g/mol. The molecule has 2 aromatic rings. The van der Waals surface area contributed by atoms with Crippen molar-refractivity contribution < 1.29 is 28.7 Å². The van der Waals surface area contributed by atoms with Gasteiger partial charge < -0.3 is 30.7 Å². The minimum atomic E-state index is -0.857. The Morgan fingerprint density at radius 1 is 0.615 bits per heavy atom. The van der Waals surface area contributed by atoms with Crippen molar-refractivity contribution in [3.05, 3.63) is 32.2 Å². The normalized spacial score (nSPS) is 29.8. The lowest BCUT2D eigenvalue weighted by molar-refractivity contribution is -0.125. The topological polar surface area (TPSA) is 185 Å². The second-order valence-corrected chi connectivity index (χ2v) is 16.5. The van der Waals surface area contributed by atoms with Gasteiger partial charge in [-0.15, -0.1) is 22.7 Å². The van der Waals surface area contributed by atoms with E-state index in [4.69, 9.17) is 19.5 Å². The van der Waals surface area contributed by atoms with E-state index in [1.165, 1.54) is 22.7 Å². The maximum atomic E-state index is 13.8. The van der Waals surface area contributed by atoms with E-state index >= 15 is 0 Å². The molecule has 5 heterocycles. The molecule has 284 valence electrons. The molecular formula is C36H52N8O6S2. The molecule has 5 rings (SSSR count). The van der Waals surface area contributed by atoms with Crippen LogP contribution in [0.3, 0.4) is 0 Å². The first-order chi connectivity index (χ1) is 24.6. The highest BCUT2D eigenvalue weighted by Crippen LogP contribution is 2.30. The van der Waals surface area contributed by atoms with Gasteiger partial charge in [0, 0.05) is 10.8 Å². The molecule has 0 aliphatic carbocycles. The number of aliphatic imine (C=N–C) groups is 2. The predicted octanol–water partition coefficient (Wildman–Crippen LogP) is 4.60. The van der Waals surface area contributed by atoms with Gasteiger partial charge in [0.1, 0.15) is 45.7 Å². The van der Waals surface area contributed by atoms with Crippen LogP contribution in [0.4, 0.5) is 0 Å². The van der Waals surface area contributed by atoms with Gasteiger partial charge in [0.15, 0.2) is 12.1 Å². The molecule has 0 radical (unpaired) electrons. The Labute approximate surface area is 313 Å². The number of amides is 4. The van der Waals surface area contributed by atoms with Crippen molar-refractivity contribution in [1.29, 1.82) is 0 Å². The molecule has 0 spiro atoms. The highest BCUT2D eigenvalue weighted by molar-refractivity contribution is 7.10. The van der Waals surface area contributed by atoms with Crippen molar-refractivity contribution in [3.63, 3.8) is 0 Å². The van der Waals surface area contributed by atoms with Gasteiger partial charge in [0.25, 0.3) is 11.8 Å². The summed E-state index contributed by atoms with van der Waals surface area (Å²) in [5.41, 5.74) is 0.410. The zero-order chi connectivity index (χ0) is 38.0. The zero-order valence-corrected chi connectivity index (χ0v) is 33.2. The Morgan fingerprint density at radius 2 is 0.981 bits per heavy atom. The summed E-state index contributed by atoms with van der Waals surface area (Å²) in [5.74, 6) is -1.19. The molecule has 3 aliphatic heterocycles. The van der Waals surface area contributed by atoms with E-state index in [2.05, 4.69) is 31.2 Å². The third kappa shape index (κ3) is 8.32. The summed E-state index contributed by atoms with van der Waals surface area (Å²) in [6.45, 7) is 19.4. The second-order valence-electron chi connectivity index (χ2n) is 14.7. The SMILES string of the molecule is CCC(C)[C@@H]1NC(=O)c2csc(n2)[C@@H](C(C)C)NC(=O)C2N=C(O[C@@H]2C)[C@H](C(C)CC)NC(=O)c2csc(n2)[C@@H](C(C)C)NC(=O)C2N=C1O[C@@H]2C. The molecule has 14 nitrogen and oxygen atoms in total. The van der Waals surface area contributed by atoms with Gasteiger partial charge in [-0.2, -0.15) is 0 Å². The Kier molecular flexibility index (Phi) is 12.4. The number of carbonyl (C=O) groups excluding carboxylic acids is 4. The molecule has 3 aliphatic rings. The van der Waals surface area contributed by atoms with Crippen LogP contribution >= 0.6 is 22.7 Å². The first-order valence-corrected chi connectivity index (χ1v) is 20.0. The van der Waals surface area contributed by atoms with Crippen LogP contribution in [0, 0.1) is 23.7 Å². The fourth-order valence-electron chi connectivity index (χ4n) is 6.28. The van der Waals surface area contributed by atoms with Crippen LogP contribution in [-0.2, 0) is 19.1 Å². The summed E-state index contributed by atoms with van der Waals surface area (Å²) in [4.78, 5) is 73.7. The highest BCUT2D eigenvalue weighted by Gasteiger charge is 2.42. The molecule has 10 atom stereocenters. The van der Waals surface area contributed by atoms with Crippen LogP contribution in [0.25, 0.3) is 0 Å². The van der Waals surface area contributed by atoms with Crippen molar-refractivity contribution in [2.45, 2.75) is 131 Å². The number of fused-ring (bicyclic) bond motifs is 6. The number of nitrogens with zero attached hydrogens (tertiary/aromatic N) is 4. The molecule has 8 bridgehead atoms. The van der Waals surface area contributed by atoms with E-state index in [9.17, 15) is 19.2 Å². The Balaban J connectivity index is 1.55.